The van der Waals surface area contributed by atoms with Gasteiger partial charge in [-0.25, -0.2) is 0 Å². The summed E-state index contributed by atoms with van der Waals surface area (Å²) in [5.41, 5.74) is 4.02. The van der Waals surface area contributed by atoms with Gasteiger partial charge in [0, 0.05) is 17.6 Å². The Morgan fingerprint density at radius 1 is 1.00 bits per heavy atom. The Balaban J connectivity index is 1.88. The molecule has 126 valence electrons. The van der Waals surface area contributed by atoms with Gasteiger partial charge in [0.25, 0.3) is 0 Å². The van der Waals surface area contributed by atoms with Crippen molar-refractivity contribution in [1.29, 1.82) is 0 Å². The fourth-order valence-corrected chi connectivity index (χ4v) is 3.11. The van der Waals surface area contributed by atoms with Gasteiger partial charge in [-0.1, -0.05) is 29.8 Å². The van der Waals surface area contributed by atoms with Crippen molar-refractivity contribution >= 4 is 29.3 Å². The zero-order chi connectivity index (χ0) is 17.5. The van der Waals surface area contributed by atoms with Crippen molar-refractivity contribution in [3.63, 3.8) is 0 Å². The predicted molar refractivity (Wildman–Crippen MR) is 99.5 cm³/mol. The number of amides is 2. The molecule has 2 aromatic carbocycles. The Morgan fingerprint density at radius 3 is 2.38 bits per heavy atom. The smallest absolute Gasteiger partial charge is 0.234 e. The van der Waals surface area contributed by atoms with Crippen molar-refractivity contribution in [1.82, 2.24) is 5.32 Å². The maximum absolute atomic E-state index is 12.1. The van der Waals surface area contributed by atoms with Crippen LogP contribution in [0.5, 0.6) is 0 Å². The van der Waals surface area contributed by atoms with Gasteiger partial charge in [-0.2, -0.15) is 0 Å². The van der Waals surface area contributed by atoms with E-state index >= 15 is 0 Å². The molecule has 0 saturated heterocycles. The van der Waals surface area contributed by atoms with Gasteiger partial charge in [0.15, 0.2) is 0 Å². The molecule has 0 unspecified atom stereocenters. The number of likely N-dealkylation sites (N-methyl/N-ethyl adjacent to an activating group) is 1. The summed E-state index contributed by atoms with van der Waals surface area (Å²) in [5.74, 6) is 0.293. The van der Waals surface area contributed by atoms with Crippen molar-refractivity contribution in [3.8, 4) is 0 Å². The van der Waals surface area contributed by atoms with E-state index in [1.165, 1.54) is 22.9 Å². The van der Waals surface area contributed by atoms with Gasteiger partial charge in [0.05, 0.1) is 12.2 Å². The van der Waals surface area contributed by atoms with Crippen LogP contribution in [0.1, 0.15) is 16.7 Å². The normalized spacial score (nSPS) is 10.3. The highest BCUT2D eigenvalue weighted by molar-refractivity contribution is 8.00. The lowest BCUT2D eigenvalue weighted by Gasteiger charge is -2.08. The van der Waals surface area contributed by atoms with E-state index in [9.17, 15) is 9.59 Å². The predicted octanol–water partition coefficient (Wildman–Crippen LogP) is 3.32. The number of benzene rings is 2. The summed E-state index contributed by atoms with van der Waals surface area (Å²) in [6.45, 7) is 4.09. The fraction of sp³-hybridized carbons (Fsp3) is 0.263. The maximum Gasteiger partial charge on any atom is 0.234 e. The van der Waals surface area contributed by atoms with Crippen molar-refractivity contribution in [2.45, 2.75) is 25.2 Å². The van der Waals surface area contributed by atoms with Crippen LogP contribution >= 0.6 is 11.8 Å². The van der Waals surface area contributed by atoms with Crippen molar-refractivity contribution in [2.75, 3.05) is 18.1 Å². The zero-order valence-electron chi connectivity index (χ0n) is 14.2. The van der Waals surface area contributed by atoms with Gasteiger partial charge in [-0.3, -0.25) is 9.59 Å². The number of rotatable bonds is 6. The molecule has 0 aromatic heterocycles. The van der Waals surface area contributed by atoms with E-state index in [4.69, 9.17) is 0 Å². The quantitative estimate of drug-likeness (QED) is 0.792. The van der Waals surface area contributed by atoms with Gasteiger partial charge in [-0.05, 0) is 43.2 Å². The number of hydrogen-bond acceptors (Lipinski definition) is 3. The molecule has 2 amide bonds. The summed E-state index contributed by atoms with van der Waals surface area (Å²) in [5, 5.41) is 5.47. The van der Waals surface area contributed by atoms with E-state index in [0.29, 0.717) is 12.2 Å². The van der Waals surface area contributed by atoms with Gasteiger partial charge in [-0.15, -0.1) is 11.8 Å². The van der Waals surface area contributed by atoms with E-state index in [0.717, 1.165) is 16.1 Å². The number of hydrogen-bond donors (Lipinski definition) is 2. The Kier molecular flexibility index (Phi) is 6.44. The third-order valence-electron chi connectivity index (χ3n) is 3.58. The molecule has 0 bridgehead atoms. The third-order valence-corrected chi connectivity index (χ3v) is 4.74. The summed E-state index contributed by atoms with van der Waals surface area (Å²) >= 11 is 1.54. The highest BCUT2D eigenvalue weighted by atomic mass is 32.2. The molecule has 0 radical (unpaired) electrons. The number of thioether (sulfide) groups is 1. The lowest BCUT2D eigenvalue weighted by atomic mass is 10.1. The molecule has 0 saturated carbocycles. The zero-order valence-corrected chi connectivity index (χ0v) is 15.0. The first-order chi connectivity index (χ1) is 11.5. The van der Waals surface area contributed by atoms with Gasteiger partial charge >= 0.3 is 0 Å². The minimum absolute atomic E-state index is 0.0308. The number of nitrogens with one attached hydrogen (secondary N) is 2. The van der Waals surface area contributed by atoms with Crippen LogP contribution < -0.4 is 10.6 Å². The SMILES string of the molecule is CNC(=O)Cc1ccc(NC(=O)CSc2cc(C)ccc2C)cc1. The second-order valence-electron chi connectivity index (χ2n) is 5.65. The fourth-order valence-electron chi connectivity index (χ4n) is 2.18. The molecular formula is C19H22N2O2S. The lowest BCUT2D eigenvalue weighted by molar-refractivity contribution is -0.120. The minimum atomic E-state index is -0.0417. The average molecular weight is 342 g/mol. The topological polar surface area (TPSA) is 58.2 Å². The van der Waals surface area contributed by atoms with E-state index in [-0.39, 0.29) is 11.8 Å². The third kappa shape index (κ3) is 5.42. The van der Waals surface area contributed by atoms with Crippen LogP contribution in [-0.4, -0.2) is 24.6 Å². The minimum Gasteiger partial charge on any atom is -0.359 e. The number of carbonyl (C=O) groups is 2. The molecule has 2 aromatic rings. The second kappa shape index (κ2) is 8.55. The van der Waals surface area contributed by atoms with Gasteiger partial charge < -0.3 is 10.6 Å². The summed E-state index contributed by atoms with van der Waals surface area (Å²) in [7, 11) is 1.62. The highest BCUT2D eigenvalue weighted by Gasteiger charge is 2.07. The molecule has 24 heavy (non-hydrogen) atoms. The molecule has 2 N–H and O–H groups in total. The van der Waals surface area contributed by atoms with Gasteiger partial charge in [0.1, 0.15) is 0 Å². The highest BCUT2D eigenvalue weighted by Crippen LogP contribution is 2.23. The van der Waals surface area contributed by atoms with Crippen LogP contribution in [0, 0.1) is 13.8 Å². The molecule has 0 fully saturated rings. The molecule has 5 heteroatoms. The Labute approximate surface area is 147 Å². The first kappa shape index (κ1) is 18.1. The van der Waals surface area contributed by atoms with E-state index < -0.39 is 0 Å². The summed E-state index contributed by atoms with van der Waals surface area (Å²) in [4.78, 5) is 24.6. The molecule has 0 aliphatic rings. The summed E-state index contributed by atoms with van der Waals surface area (Å²) in [6, 6.07) is 13.6. The first-order valence-electron chi connectivity index (χ1n) is 7.77. The summed E-state index contributed by atoms with van der Waals surface area (Å²) < 4.78 is 0. The van der Waals surface area contributed by atoms with Crippen molar-refractivity contribution in [2.24, 2.45) is 0 Å². The Bertz CT molecular complexity index is 727. The van der Waals surface area contributed by atoms with Crippen LogP contribution in [0.4, 0.5) is 5.69 Å². The number of carbonyl (C=O) groups excluding carboxylic acids is 2. The largest absolute Gasteiger partial charge is 0.359 e. The molecular weight excluding hydrogens is 320 g/mol. The Hall–Kier alpha value is -2.27. The van der Waals surface area contributed by atoms with Crippen LogP contribution in [-0.2, 0) is 16.0 Å². The van der Waals surface area contributed by atoms with E-state index in [1.807, 2.05) is 38.1 Å². The van der Waals surface area contributed by atoms with Crippen LogP contribution in [0.25, 0.3) is 0 Å². The van der Waals surface area contributed by atoms with Crippen molar-refractivity contribution < 1.29 is 9.59 Å². The van der Waals surface area contributed by atoms with Crippen molar-refractivity contribution in [3.05, 3.63) is 59.2 Å². The maximum atomic E-state index is 12.1. The lowest BCUT2D eigenvalue weighted by Crippen LogP contribution is -2.20. The molecule has 0 heterocycles. The standard InChI is InChI=1S/C19H22N2O2S/c1-13-4-5-14(2)17(10-13)24-12-19(23)21-16-8-6-15(7-9-16)11-18(22)20-3/h4-10H,11-12H2,1-3H3,(H,20,22)(H,21,23). The van der Waals surface area contributed by atoms with Gasteiger partial charge in [0.2, 0.25) is 11.8 Å². The number of aryl methyl sites for hydroxylation is 2. The molecule has 2 rings (SSSR count). The summed E-state index contributed by atoms with van der Waals surface area (Å²) in [6.07, 6.45) is 0.340. The second-order valence-corrected chi connectivity index (χ2v) is 6.67. The van der Waals surface area contributed by atoms with E-state index in [1.54, 1.807) is 7.05 Å². The molecule has 0 aliphatic heterocycles. The molecule has 0 atom stereocenters. The Morgan fingerprint density at radius 2 is 1.71 bits per heavy atom. The van der Waals surface area contributed by atoms with Crippen LogP contribution in [0.15, 0.2) is 47.4 Å². The average Bonchev–Trinajstić information content (AvgIpc) is 2.57. The molecule has 0 aliphatic carbocycles. The van der Waals surface area contributed by atoms with Crippen LogP contribution in [0.3, 0.4) is 0 Å². The first-order valence-corrected chi connectivity index (χ1v) is 8.76. The molecule has 0 spiro atoms. The number of anilines is 1. The van der Waals surface area contributed by atoms with Crippen LogP contribution in [0.2, 0.25) is 0 Å². The monoisotopic (exact) mass is 342 g/mol. The molecule has 4 nitrogen and oxygen atoms in total. The van der Waals surface area contributed by atoms with E-state index in [2.05, 4.69) is 28.8 Å².